The van der Waals surface area contributed by atoms with Crippen LogP contribution >= 0.6 is 11.6 Å². The van der Waals surface area contributed by atoms with Gasteiger partial charge in [-0.15, -0.1) is 0 Å². The van der Waals surface area contributed by atoms with E-state index < -0.39 is 5.56 Å². The van der Waals surface area contributed by atoms with Gasteiger partial charge in [-0.3, -0.25) is 9.59 Å². The van der Waals surface area contributed by atoms with Crippen LogP contribution in [0.5, 0.6) is 0 Å². The van der Waals surface area contributed by atoms with E-state index in [-0.39, 0.29) is 22.5 Å². The van der Waals surface area contributed by atoms with Crippen molar-refractivity contribution in [2.45, 2.75) is 38.8 Å². The van der Waals surface area contributed by atoms with Crippen LogP contribution in [0.2, 0.25) is 5.02 Å². The molecule has 0 aliphatic carbocycles. The van der Waals surface area contributed by atoms with Gasteiger partial charge in [0.1, 0.15) is 5.02 Å². The van der Waals surface area contributed by atoms with Crippen LogP contribution in [0.25, 0.3) is 0 Å². The maximum atomic E-state index is 11.9. The highest BCUT2D eigenvalue weighted by molar-refractivity contribution is 6.32. The molecule has 0 bridgehead atoms. The molecule has 1 saturated heterocycles. The van der Waals surface area contributed by atoms with Gasteiger partial charge in [0.25, 0.3) is 5.56 Å². The first kappa shape index (κ1) is 13.9. The van der Waals surface area contributed by atoms with Gasteiger partial charge in [0.2, 0.25) is 5.91 Å². The zero-order chi connectivity index (χ0) is 14.2. The molecule has 0 aromatic carbocycles. The van der Waals surface area contributed by atoms with Crippen molar-refractivity contribution in [3.63, 3.8) is 0 Å². The number of H-pyrrole nitrogens is 1. The number of hydrogen-bond acceptors (Lipinski definition) is 4. The summed E-state index contributed by atoms with van der Waals surface area (Å²) in [5.74, 6) is 0.0962. The largest absolute Gasteiger partial charge is 0.377 e. The molecule has 7 heteroatoms. The Morgan fingerprint density at radius 1 is 1.47 bits per heavy atom. The van der Waals surface area contributed by atoms with Gasteiger partial charge < -0.3 is 10.2 Å². The molecule has 2 heterocycles. The number of nitrogens with one attached hydrogen (secondary N) is 2. The van der Waals surface area contributed by atoms with E-state index in [1.54, 1.807) is 0 Å². The van der Waals surface area contributed by atoms with Gasteiger partial charge in [-0.2, -0.15) is 5.10 Å². The van der Waals surface area contributed by atoms with Gasteiger partial charge in [-0.1, -0.05) is 11.6 Å². The van der Waals surface area contributed by atoms with Gasteiger partial charge in [0.15, 0.2) is 0 Å². The number of nitrogens with zero attached hydrogens (tertiary/aromatic N) is 2. The molecule has 19 heavy (non-hydrogen) atoms. The summed E-state index contributed by atoms with van der Waals surface area (Å²) in [6, 6.07) is -0.0622. The highest BCUT2D eigenvalue weighted by Crippen LogP contribution is 2.25. The molecule has 1 aliphatic rings. The third-order valence-electron chi connectivity index (χ3n) is 3.09. The maximum Gasteiger partial charge on any atom is 0.285 e. The predicted molar refractivity (Wildman–Crippen MR) is 73.4 cm³/mol. The minimum absolute atomic E-state index is 0.0622. The lowest BCUT2D eigenvalue weighted by Crippen LogP contribution is -2.43. The fourth-order valence-corrected chi connectivity index (χ4v) is 2.30. The molecule has 1 atom stereocenters. The molecule has 0 radical (unpaired) electrons. The summed E-state index contributed by atoms with van der Waals surface area (Å²) in [5, 5.41) is 9.11. The monoisotopic (exact) mass is 284 g/mol. The van der Waals surface area contributed by atoms with Gasteiger partial charge in [0.05, 0.1) is 17.9 Å². The molecule has 1 fully saturated rings. The Bertz CT molecular complexity index is 549. The van der Waals surface area contributed by atoms with Crippen molar-refractivity contribution in [1.29, 1.82) is 0 Å². The van der Waals surface area contributed by atoms with E-state index in [9.17, 15) is 9.59 Å². The number of likely N-dealkylation sites (tertiary alicyclic amines) is 1. The van der Waals surface area contributed by atoms with E-state index in [4.69, 9.17) is 11.6 Å². The fraction of sp³-hybridized carbons (Fsp3) is 0.583. The number of hydrogen-bond donors (Lipinski definition) is 2. The van der Waals surface area contributed by atoms with Crippen molar-refractivity contribution < 1.29 is 4.79 Å². The Balaban J connectivity index is 2.12. The molecule has 1 aromatic heterocycles. The number of rotatable bonds is 2. The summed E-state index contributed by atoms with van der Waals surface area (Å²) in [4.78, 5) is 25.1. The second-order valence-corrected chi connectivity index (χ2v) is 6.03. The number of aromatic amines is 1. The number of carbonyl (C=O) groups is 1. The Kier molecular flexibility index (Phi) is 3.54. The normalized spacial score (nSPS) is 19.9. The Hall–Kier alpha value is -1.56. The summed E-state index contributed by atoms with van der Waals surface area (Å²) in [6.07, 6.45) is 1.84. The van der Waals surface area contributed by atoms with Crippen molar-refractivity contribution in [1.82, 2.24) is 15.1 Å². The number of carbonyl (C=O) groups excluding carboxylic acids is 1. The Labute approximate surface area is 116 Å². The summed E-state index contributed by atoms with van der Waals surface area (Å²) in [7, 11) is 0. The van der Waals surface area contributed by atoms with Gasteiger partial charge in [-0.05, 0) is 20.8 Å². The lowest BCUT2D eigenvalue weighted by molar-refractivity contribution is -0.131. The molecule has 104 valence electrons. The number of aromatic nitrogens is 2. The van der Waals surface area contributed by atoms with E-state index >= 15 is 0 Å². The maximum absolute atomic E-state index is 11.9. The molecule has 1 aromatic rings. The highest BCUT2D eigenvalue weighted by Gasteiger charge is 2.36. The zero-order valence-corrected chi connectivity index (χ0v) is 11.9. The Morgan fingerprint density at radius 3 is 2.74 bits per heavy atom. The first-order chi connectivity index (χ1) is 8.79. The number of amides is 1. The van der Waals surface area contributed by atoms with Crippen molar-refractivity contribution in [3.8, 4) is 0 Å². The zero-order valence-electron chi connectivity index (χ0n) is 11.2. The molecular formula is C12H17ClN4O2. The van der Waals surface area contributed by atoms with Crippen molar-refractivity contribution >= 4 is 23.2 Å². The lowest BCUT2D eigenvalue weighted by Gasteiger charge is -2.32. The van der Waals surface area contributed by atoms with Crippen LogP contribution in [0.3, 0.4) is 0 Å². The fourth-order valence-electron chi connectivity index (χ4n) is 2.16. The lowest BCUT2D eigenvalue weighted by atomic mass is 10.1. The smallest absolute Gasteiger partial charge is 0.285 e. The standard InChI is InChI=1S/C12H17ClN4O2/c1-12(2,3)17-6-7(4-9(17)18)15-8-5-14-16-11(19)10(8)13/h5,7H,4,6H2,1-3H3,(H2,15,16,19). The summed E-state index contributed by atoms with van der Waals surface area (Å²) in [6.45, 7) is 6.57. The SMILES string of the molecule is CC(C)(C)N1CC(Nc2cn[nH]c(=O)c2Cl)CC1=O. The minimum atomic E-state index is -0.441. The minimum Gasteiger partial charge on any atom is -0.377 e. The molecule has 1 amide bonds. The van der Waals surface area contributed by atoms with Crippen LogP contribution < -0.4 is 10.9 Å². The van der Waals surface area contributed by atoms with Crippen LogP contribution in [-0.2, 0) is 4.79 Å². The van der Waals surface area contributed by atoms with E-state index in [0.29, 0.717) is 18.7 Å². The summed E-state index contributed by atoms with van der Waals surface area (Å²) < 4.78 is 0. The van der Waals surface area contributed by atoms with E-state index in [1.807, 2.05) is 25.7 Å². The molecule has 0 spiro atoms. The van der Waals surface area contributed by atoms with Gasteiger partial charge in [-0.25, -0.2) is 5.10 Å². The third-order valence-corrected chi connectivity index (χ3v) is 3.47. The first-order valence-electron chi connectivity index (χ1n) is 6.09. The van der Waals surface area contributed by atoms with Crippen molar-refractivity contribution in [3.05, 3.63) is 21.6 Å². The predicted octanol–water partition coefficient (Wildman–Crippen LogP) is 1.23. The van der Waals surface area contributed by atoms with Crippen LogP contribution in [-0.4, -0.2) is 39.1 Å². The molecule has 0 saturated carbocycles. The Morgan fingerprint density at radius 2 is 2.16 bits per heavy atom. The first-order valence-corrected chi connectivity index (χ1v) is 6.47. The second-order valence-electron chi connectivity index (χ2n) is 5.65. The third kappa shape index (κ3) is 2.89. The van der Waals surface area contributed by atoms with E-state index in [2.05, 4.69) is 15.5 Å². The number of halogens is 1. The van der Waals surface area contributed by atoms with Crippen LogP contribution in [0.4, 0.5) is 5.69 Å². The summed E-state index contributed by atoms with van der Waals surface area (Å²) >= 11 is 5.89. The average molecular weight is 285 g/mol. The van der Waals surface area contributed by atoms with Crippen molar-refractivity contribution in [2.24, 2.45) is 0 Å². The van der Waals surface area contributed by atoms with Crippen LogP contribution in [0, 0.1) is 0 Å². The highest BCUT2D eigenvalue weighted by atomic mass is 35.5. The molecular weight excluding hydrogens is 268 g/mol. The molecule has 1 unspecified atom stereocenters. The van der Waals surface area contributed by atoms with Gasteiger partial charge in [0, 0.05) is 18.5 Å². The quantitative estimate of drug-likeness (QED) is 0.856. The molecule has 1 aliphatic heterocycles. The van der Waals surface area contributed by atoms with Crippen LogP contribution in [0.1, 0.15) is 27.2 Å². The molecule has 2 N–H and O–H groups in total. The summed E-state index contributed by atoms with van der Waals surface area (Å²) in [5.41, 5.74) is -0.188. The molecule has 6 nitrogen and oxygen atoms in total. The number of anilines is 1. The van der Waals surface area contributed by atoms with E-state index in [0.717, 1.165) is 0 Å². The van der Waals surface area contributed by atoms with Crippen molar-refractivity contribution in [2.75, 3.05) is 11.9 Å². The topological polar surface area (TPSA) is 78.1 Å². The average Bonchev–Trinajstić information content (AvgIpc) is 2.66. The molecule has 2 rings (SSSR count). The van der Waals surface area contributed by atoms with Crippen LogP contribution in [0.15, 0.2) is 11.0 Å². The van der Waals surface area contributed by atoms with Gasteiger partial charge >= 0.3 is 0 Å². The van der Waals surface area contributed by atoms with E-state index in [1.165, 1.54) is 6.20 Å². The second kappa shape index (κ2) is 4.85.